The monoisotopic (exact) mass is 531 g/mol. The van der Waals surface area contributed by atoms with E-state index in [0.29, 0.717) is 40.2 Å². The molecule has 11 nitrogen and oxygen atoms in total. The number of anilines is 1. The molecule has 1 aromatic heterocycles. The smallest absolute Gasteiger partial charge is 0.287 e. The Morgan fingerprint density at radius 2 is 1.81 bits per heavy atom. The molecule has 0 aliphatic heterocycles. The van der Waals surface area contributed by atoms with Gasteiger partial charge in [0.25, 0.3) is 15.6 Å². The molecule has 2 aromatic carbocycles. The number of aryl methyl sites for hydroxylation is 1. The van der Waals surface area contributed by atoms with Gasteiger partial charge in [-0.05, 0) is 44.9 Å². The molecule has 12 heteroatoms. The van der Waals surface area contributed by atoms with Gasteiger partial charge in [-0.15, -0.1) is 4.40 Å². The van der Waals surface area contributed by atoms with Crippen LogP contribution in [0.25, 0.3) is 10.9 Å². The Balaban J connectivity index is 1.91. The summed E-state index contributed by atoms with van der Waals surface area (Å²) in [6.07, 6.45) is 0.440. The normalized spacial score (nSPS) is 12.8. The summed E-state index contributed by atoms with van der Waals surface area (Å²) in [6.45, 7) is 5.29. The molecular weight excluding hydrogens is 498 g/mol. The SMILES string of the molecule is COc1ccc(CC(C)Nc2nc(=O)c3c(C)c(OC)c(OC)cc3[nH]2)cc1S(=O)(=O)N=C(C)N(C)C. The van der Waals surface area contributed by atoms with E-state index in [1.807, 2.05) is 6.92 Å². The number of H-pyrrole nitrogens is 1. The Kier molecular flexibility index (Phi) is 8.32. The highest BCUT2D eigenvalue weighted by Crippen LogP contribution is 2.35. The fraction of sp³-hybridized carbons (Fsp3) is 0.400. The number of benzene rings is 2. The molecule has 1 atom stereocenters. The summed E-state index contributed by atoms with van der Waals surface area (Å²) >= 11 is 0. The van der Waals surface area contributed by atoms with Crippen molar-refractivity contribution in [2.45, 2.75) is 38.1 Å². The number of fused-ring (bicyclic) bond motifs is 1. The summed E-state index contributed by atoms with van der Waals surface area (Å²) in [5.41, 5.74) is 1.51. The highest BCUT2D eigenvalue weighted by molar-refractivity contribution is 7.90. The van der Waals surface area contributed by atoms with Gasteiger partial charge in [0, 0.05) is 31.8 Å². The van der Waals surface area contributed by atoms with Gasteiger partial charge < -0.3 is 29.4 Å². The summed E-state index contributed by atoms with van der Waals surface area (Å²) in [5.74, 6) is 1.81. The minimum atomic E-state index is -3.99. The number of ether oxygens (including phenoxy) is 3. The fourth-order valence-corrected chi connectivity index (χ4v) is 5.24. The summed E-state index contributed by atoms with van der Waals surface area (Å²) in [5, 5.41) is 3.60. The summed E-state index contributed by atoms with van der Waals surface area (Å²) in [6, 6.07) is 6.42. The van der Waals surface area contributed by atoms with Crippen LogP contribution in [0.5, 0.6) is 17.2 Å². The lowest BCUT2D eigenvalue weighted by molar-refractivity contribution is 0.354. The molecule has 3 rings (SSSR count). The zero-order valence-corrected chi connectivity index (χ0v) is 23.1. The predicted molar refractivity (Wildman–Crippen MR) is 144 cm³/mol. The zero-order chi connectivity index (χ0) is 27.5. The molecule has 0 aliphatic rings. The van der Waals surface area contributed by atoms with Gasteiger partial charge in [0.2, 0.25) is 5.95 Å². The maximum Gasteiger partial charge on any atom is 0.287 e. The van der Waals surface area contributed by atoms with Crippen LogP contribution in [0.3, 0.4) is 0 Å². The van der Waals surface area contributed by atoms with Crippen molar-refractivity contribution >= 4 is 32.7 Å². The average Bonchev–Trinajstić information content (AvgIpc) is 2.82. The number of nitrogens with one attached hydrogen (secondary N) is 2. The van der Waals surface area contributed by atoms with Crippen LogP contribution in [0, 0.1) is 6.92 Å². The Bertz CT molecular complexity index is 1500. The number of aromatic nitrogens is 2. The molecule has 3 aromatic rings. The highest BCUT2D eigenvalue weighted by atomic mass is 32.2. The quantitative estimate of drug-likeness (QED) is 0.315. The predicted octanol–water partition coefficient (Wildman–Crippen LogP) is 2.97. The average molecular weight is 532 g/mol. The van der Waals surface area contributed by atoms with Gasteiger partial charge in [-0.25, -0.2) is 0 Å². The maximum absolute atomic E-state index is 13.0. The van der Waals surface area contributed by atoms with Gasteiger partial charge in [-0.2, -0.15) is 13.4 Å². The van der Waals surface area contributed by atoms with Crippen molar-refractivity contribution < 1.29 is 22.6 Å². The minimum absolute atomic E-state index is 0.0188. The van der Waals surface area contributed by atoms with Crippen molar-refractivity contribution in [3.8, 4) is 17.2 Å². The number of methoxy groups -OCH3 is 3. The second-order valence-electron chi connectivity index (χ2n) is 8.79. The third-order valence-corrected chi connectivity index (χ3v) is 7.30. The summed E-state index contributed by atoms with van der Waals surface area (Å²) in [4.78, 5) is 21.7. The molecule has 0 amide bonds. The molecule has 0 saturated heterocycles. The second-order valence-corrected chi connectivity index (χ2v) is 10.4. The van der Waals surface area contributed by atoms with Crippen molar-refractivity contribution in [2.75, 3.05) is 40.7 Å². The van der Waals surface area contributed by atoms with E-state index in [9.17, 15) is 13.2 Å². The topological polar surface area (TPSA) is 135 Å². The fourth-order valence-electron chi connectivity index (χ4n) is 3.92. The van der Waals surface area contributed by atoms with E-state index in [2.05, 4.69) is 19.7 Å². The number of rotatable bonds is 9. The number of amidine groups is 1. The van der Waals surface area contributed by atoms with E-state index >= 15 is 0 Å². The largest absolute Gasteiger partial charge is 0.495 e. The molecule has 0 radical (unpaired) electrons. The van der Waals surface area contributed by atoms with Crippen LogP contribution in [0.2, 0.25) is 0 Å². The third-order valence-electron chi connectivity index (χ3n) is 5.92. The van der Waals surface area contributed by atoms with Crippen LogP contribution in [0.15, 0.2) is 38.4 Å². The van der Waals surface area contributed by atoms with Crippen molar-refractivity contribution in [1.82, 2.24) is 14.9 Å². The lowest BCUT2D eigenvalue weighted by Gasteiger charge is -2.17. The lowest BCUT2D eigenvalue weighted by Crippen LogP contribution is -2.23. The second kappa shape index (κ2) is 11.1. The Morgan fingerprint density at radius 3 is 2.41 bits per heavy atom. The van der Waals surface area contributed by atoms with E-state index < -0.39 is 15.6 Å². The molecule has 1 heterocycles. The van der Waals surface area contributed by atoms with Gasteiger partial charge in [0.1, 0.15) is 16.5 Å². The Hall–Kier alpha value is -3.80. The van der Waals surface area contributed by atoms with E-state index in [4.69, 9.17) is 14.2 Å². The van der Waals surface area contributed by atoms with Crippen molar-refractivity contribution in [2.24, 2.45) is 4.40 Å². The van der Waals surface area contributed by atoms with Crippen molar-refractivity contribution in [1.29, 1.82) is 0 Å². The minimum Gasteiger partial charge on any atom is -0.495 e. The van der Waals surface area contributed by atoms with Crippen LogP contribution >= 0.6 is 0 Å². The third kappa shape index (κ3) is 5.96. The molecule has 1 unspecified atom stereocenters. The number of aromatic amines is 1. The maximum atomic E-state index is 13.0. The van der Waals surface area contributed by atoms with Crippen LogP contribution in [-0.4, -0.2) is 70.6 Å². The molecule has 200 valence electrons. The van der Waals surface area contributed by atoms with Crippen LogP contribution in [0.1, 0.15) is 25.0 Å². The highest BCUT2D eigenvalue weighted by Gasteiger charge is 2.21. The van der Waals surface area contributed by atoms with Gasteiger partial charge in [0.15, 0.2) is 11.5 Å². The van der Waals surface area contributed by atoms with Gasteiger partial charge >= 0.3 is 0 Å². The first kappa shape index (κ1) is 27.8. The van der Waals surface area contributed by atoms with E-state index in [-0.39, 0.29) is 22.6 Å². The van der Waals surface area contributed by atoms with Gasteiger partial charge in [0.05, 0.1) is 32.2 Å². The molecule has 0 spiro atoms. The molecule has 37 heavy (non-hydrogen) atoms. The first-order valence-corrected chi connectivity index (χ1v) is 12.9. The zero-order valence-electron chi connectivity index (χ0n) is 22.3. The van der Waals surface area contributed by atoms with Crippen molar-refractivity contribution in [3.05, 3.63) is 45.7 Å². The standard InChI is InChI=1S/C25H33N5O6S/c1-14(11-17-9-10-19(34-6)21(12-17)37(32,33)29-16(3)30(4)5)26-25-27-18-13-20(35-7)23(36-8)15(2)22(18)24(31)28-25/h9-10,12-14H,11H2,1-8H3,(H2,26,27,28,31). The summed E-state index contributed by atoms with van der Waals surface area (Å²) < 4.78 is 45.9. The lowest BCUT2D eigenvalue weighted by atomic mass is 10.1. The van der Waals surface area contributed by atoms with Gasteiger partial charge in [-0.1, -0.05) is 6.07 Å². The molecular formula is C25H33N5O6S. The molecule has 0 aliphatic carbocycles. The number of hydrogen-bond acceptors (Lipinski definition) is 8. The van der Waals surface area contributed by atoms with E-state index in [1.54, 1.807) is 57.1 Å². The molecule has 2 N–H and O–H groups in total. The first-order valence-electron chi connectivity index (χ1n) is 11.5. The molecule has 0 bridgehead atoms. The van der Waals surface area contributed by atoms with Crippen LogP contribution in [-0.2, 0) is 16.4 Å². The van der Waals surface area contributed by atoms with Crippen LogP contribution < -0.4 is 25.1 Å². The Morgan fingerprint density at radius 1 is 1.14 bits per heavy atom. The first-order chi connectivity index (χ1) is 17.4. The van der Waals surface area contributed by atoms with Crippen LogP contribution in [0.4, 0.5) is 5.95 Å². The van der Waals surface area contributed by atoms with Gasteiger partial charge in [-0.3, -0.25) is 4.79 Å². The Labute approximate surface area is 216 Å². The summed E-state index contributed by atoms with van der Waals surface area (Å²) in [7, 11) is 3.90. The number of hydrogen-bond donors (Lipinski definition) is 2. The van der Waals surface area contributed by atoms with E-state index in [1.165, 1.54) is 21.3 Å². The number of nitrogens with zero attached hydrogens (tertiary/aromatic N) is 3. The molecule has 0 saturated carbocycles. The van der Waals surface area contributed by atoms with E-state index in [0.717, 1.165) is 5.56 Å². The number of sulfonamides is 1. The molecule has 0 fully saturated rings. The van der Waals surface area contributed by atoms with Crippen molar-refractivity contribution in [3.63, 3.8) is 0 Å².